The van der Waals surface area contributed by atoms with Crippen molar-refractivity contribution < 1.29 is 4.79 Å². The Labute approximate surface area is 195 Å². The Bertz CT molecular complexity index is 1400. The maximum Gasteiger partial charge on any atom is 0.257 e. The van der Waals surface area contributed by atoms with Crippen LogP contribution < -0.4 is 5.32 Å². The molecule has 2 aromatic carbocycles. The summed E-state index contributed by atoms with van der Waals surface area (Å²) in [5.41, 5.74) is 5.50. The summed E-state index contributed by atoms with van der Waals surface area (Å²) < 4.78 is 0. The Balaban J connectivity index is 1.63. The molecule has 0 saturated carbocycles. The summed E-state index contributed by atoms with van der Waals surface area (Å²) in [5.74, 6) is -0.216. The molecule has 0 unspecified atom stereocenters. The van der Waals surface area contributed by atoms with E-state index in [0.29, 0.717) is 21.2 Å². The number of pyridine rings is 1. The first kappa shape index (κ1) is 20.7. The van der Waals surface area contributed by atoms with Gasteiger partial charge in [0.15, 0.2) is 0 Å². The number of aryl methyl sites for hydroxylation is 1. The minimum absolute atomic E-state index is 0.216. The molecule has 2 aromatic heterocycles. The number of rotatable bonds is 3. The van der Waals surface area contributed by atoms with Crippen LogP contribution >= 0.6 is 22.9 Å². The molecule has 5 rings (SSSR count). The Morgan fingerprint density at radius 1 is 1.12 bits per heavy atom. The second kappa shape index (κ2) is 8.38. The number of amides is 1. The van der Waals surface area contributed by atoms with E-state index in [1.165, 1.54) is 16.2 Å². The van der Waals surface area contributed by atoms with Crippen LogP contribution in [0.25, 0.3) is 22.2 Å². The van der Waals surface area contributed by atoms with Gasteiger partial charge in [-0.1, -0.05) is 41.9 Å². The normalized spacial score (nSPS) is 12.9. The van der Waals surface area contributed by atoms with Gasteiger partial charge in [-0.3, -0.25) is 4.79 Å². The lowest BCUT2D eigenvalue weighted by atomic mass is 9.95. The molecule has 1 N–H and O–H groups in total. The number of nitrogens with zero attached hydrogens (tertiary/aromatic N) is 2. The van der Waals surface area contributed by atoms with Crippen molar-refractivity contribution in [1.29, 1.82) is 5.26 Å². The highest BCUT2D eigenvalue weighted by atomic mass is 35.5. The number of para-hydroxylation sites is 1. The van der Waals surface area contributed by atoms with Gasteiger partial charge in [-0.15, -0.1) is 11.3 Å². The van der Waals surface area contributed by atoms with Crippen molar-refractivity contribution in [1.82, 2.24) is 4.98 Å². The van der Waals surface area contributed by atoms with Crippen molar-refractivity contribution in [3.8, 4) is 17.3 Å². The van der Waals surface area contributed by atoms with E-state index >= 15 is 0 Å². The highest BCUT2D eigenvalue weighted by Crippen LogP contribution is 2.38. The Kier molecular flexibility index (Phi) is 5.42. The van der Waals surface area contributed by atoms with Gasteiger partial charge in [-0.25, -0.2) is 4.98 Å². The molecule has 0 saturated heterocycles. The number of nitrogens with one attached hydrogen (secondary N) is 1. The van der Waals surface area contributed by atoms with Gasteiger partial charge in [0, 0.05) is 20.8 Å². The van der Waals surface area contributed by atoms with Crippen LogP contribution in [-0.4, -0.2) is 10.9 Å². The van der Waals surface area contributed by atoms with Crippen LogP contribution in [0.1, 0.15) is 44.8 Å². The number of carbonyl (C=O) groups excluding carboxylic acids is 1. The summed E-state index contributed by atoms with van der Waals surface area (Å²) in [5, 5.41) is 14.9. The molecule has 0 bridgehead atoms. The van der Waals surface area contributed by atoms with Gasteiger partial charge < -0.3 is 5.32 Å². The maximum absolute atomic E-state index is 13.6. The minimum Gasteiger partial charge on any atom is -0.312 e. The number of fused-ring (bicyclic) bond motifs is 2. The van der Waals surface area contributed by atoms with Crippen molar-refractivity contribution in [3.05, 3.63) is 80.7 Å². The molecule has 0 radical (unpaired) electrons. The third-order valence-electron chi connectivity index (χ3n) is 5.99. The lowest BCUT2D eigenvalue weighted by Crippen LogP contribution is -2.15. The van der Waals surface area contributed by atoms with E-state index in [1.807, 2.05) is 55.5 Å². The number of carbonyl (C=O) groups is 1. The largest absolute Gasteiger partial charge is 0.312 e. The Hall–Kier alpha value is -3.20. The number of aromatic nitrogens is 1. The number of halogens is 1. The molecule has 1 aliphatic carbocycles. The summed E-state index contributed by atoms with van der Waals surface area (Å²) in [6.45, 7) is 1.92. The van der Waals surface area contributed by atoms with E-state index in [2.05, 4.69) is 11.4 Å². The van der Waals surface area contributed by atoms with E-state index in [-0.39, 0.29) is 5.91 Å². The zero-order chi connectivity index (χ0) is 22.2. The average Bonchev–Trinajstić information content (AvgIpc) is 3.16. The molecule has 0 fully saturated rings. The molecular weight excluding hydrogens is 438 g/mol. The molecule has 0 spiro atoms. The van der Waals surface area contributed by atoms with Crippen LogP contribution in [0, 0.1) is 18.3 Å². The SMILES string of the molecule is Cc1c(-c2ccc(Cl)cc2)nc2ccccc2c1C(=O)Nc1sc2c(c1C#N)CCCC2. The monoisotopic (exact) mass is 457 g/mol. The first-order valence-corrected chi connectivity index (χ1v) is 11.8. The summed E-state index contributed by atoms with van der Waals surface area (Å²) in [6.07, 6.45) is 4.10. The second-order valence-electron chi connectivity index (χ2n) is 7.97. The number of anilines is 1. The van der Waals surface area contributed by atoms with Crippen LogP contribution in [0.5, 0.6) is 0 Å². The quantitative estimate of drug-likeness (QED) is 0.362. The zero-order valence-corrected chi connectivity index (χ0v) is 19.1. The molecule has 0 atom stereocenters. The van der Waals surface area contributed by atoms with Crippen molar-refractivity contribution in [2.45, 2.75) is 32.6 Å². The van der Waals surface area contributed by atoms with Gasteiger partial charge in [-0.05, 0) is 61.9 Å². The molecule has 1 amide bonds. The van der Waals surface area contributed by atoms with E-state index in [1.54, 1.807) is 0 Å². The van der Waals surface area contributed by atoms with Gasteiger partial charge in [0.1, 0.15) is 11.1 Å². The van der Waals surface area contributed by atoms with Gasteiger partial charge in [-0.2, -0.15) is 5.26 Å². The predicted molar refractivity (Wildman–Crippen MR) is 131 cm³/mol. The highest BCUT2D eigenvalue weighted by molar-refractivity contribution is 7.16. The fraction of sp³-hybridized carbons (Fsp3) is 0.192. The first-order chi connectivity index (χ1) is 15.6. The van der Waals surface area contributed by atoms with E-state index in [9.17, 15) is 10.1 Å². The second-order valence-corrected chi connectivity index (χ2v) is 9.51. The summed E-state index contributed by atoms with van der Waals surface area (Å²) in [4.78, 5) is 19.7. The van der Waals surface area contributed by atoms with Crippen molar-refractivity contribution in [3.63, 3.8) is 0 Å². The van der Waals surface area contributed by atoms with Crippen LogP contribution in [0.15, 0.2) is 48.5 Å². The predicted octanol–water partition coefficient (Wildman–Crippen LogP) is 6.93. The number of thiophene rings is 1. The number of nitriles is 1. The summed E-state index contributed by atoms with van der Waals surface area (Å²) >= 11 is 7.61. The maximum atomic E-state index is 13.6. The Morgan fingerprint density at radius 3 is 2.66 bits per heavy atom. The number of hydrogen-bond acceptors (Lipinski definition) is 4. The lowest BCUT2D eigenvalue weighted by Gasteiger charge is -2.14. The number of benzene rings is 2. The molecule has 1 aliphatic rings. The third kappa shape index (κ3) is 3.56. The zero-order valence-electron chi connectivity index (χ0n) is 17.5. The van der Waals surface area contributed by atoms with Crippen LogP contribution in [0.4, 0.5) is 5.00 Å². The van der Waals surface area contributed by atoms with Gasteiger partial charge in [0.25, 0.3) is 5.91 Å². The van der Waals surface area contributed by atoms with Crippen molar-refractivity contribution in [2.24, 2.45) is 0 Å². The van der Waals surface area contributed by atoms with Crippen molar-refractivity contribution in [2.75, 3.05) is 5.32 Å². The topological polar surface area (TPSA) is 65.8 Å². The third-order valence-corrected chi connectivity index (χ3v) is 7.45. The van der Waals surface area contributed by atoms with E-state index in [0.717, 1.165) is 59.0 Å². The molecule has 0 aliphatic heterocycles. The fourth-order valence-electron chi connectivity index (χ4n) is 4.43. The molecule has 4 aromatic rings. The molecule has 2 heterocycles. The lowest BCUT2D eigenvalue weighted by molar-refractivity contribution is 0.102. The number of hydrogen-bond donors (Lipinski definition) is 1. The minimum atomic E-state index is -0.216. The summed E-state index contributed by atoms with van der Waals surface area (Å²) in [7, 11) is 0. The van der Waals surface area contributed by atoms with Gasteiger partial charge >= 0.3 is 0 Å². The van der Waals surface area contributed by atoms with Crippen molar-refractivity contribution >= 4 is 44.7 Å². The van der Waals surface area contributed by atoms with E-state index < -0.39 is 0 Å². The molecule has 6 heteroatoms. The Morgan fingerprint density at radius 2 is 1.88 bits per heavy atom. The molecular formula is C26H20ClN3OS. The standard InChI is InChI=1S/C26H20ClN3OS/c1-15-23(25(31)30-26-20(14-28)18-6-3-5-9-22(18)32-26)19-7-2-4-8-21(19)29-24(15)16-10-12-17(27)13-11-16/h2,4,7-8,10-13H,3,5-6,9H2,1H3,(H,30,31). The van der Waals surface area contributed by atoms with Gasteiger partial charge in [0.2, 0.25) is 0 Å². The van der Waals surface area contributed by atoms with E-state index in [4.69, 9.17) is 16.6 Å². The van der Waals surface area contributed by atoms with Crippen LogP contribution in [0.3, 0.4) is 0 Å². The first-order valence-electron chi connectivity index (χ1n) is 10.6. The molecule has 158 valence electrons. The molecule has 4 nitrogen and oxygen atoms in total. The summed E-state index contributed by atoms with van der Waals surface area (Å²) in [6, 6.07) is 17.4. The highest BCUT2D eigenvalue weighted by Gasteiger charge is 2.24. The van der Waals surface area contributed by atoms with Gasteiger partial charge in [0.05, 0.1) is 22.3 Å². The fourth-order valence-corrected chi connectivity index (χ4v) is 5.79. The van der Waals surface area contributed by atoms with Crippen LogP contribution in [0.2, 0.25) is 5.02 Å². The smallest absolute Gasteiger partial charge is 0.257 e. The van der Waals surface area contributed by atoms with Crippen LogP contribution in [-0.2, 0) is 12.8 Å². The molecule has 32 heavy (non-hydrogen) atoms. The average molecular weight is 458 g/mol.